The number of hydrogen-bond acceptors (Lipinski definition) is 5. The van der Waals surface area contributed by atoms with E-state index in [1.165, 1.54) is 24.3 Å². The fourth-order valence-electron chi connectivity index (χ4n) is 2.57. The summed E-state index contributed by atoms with van der Waals surface area (Å²) in [7, 11) is 0. The molecule has 3 aromatic rings. The fourth-order valence-corrected chi connectivity index (χ4v) is 2.57. The number of halogens is 1. The molecule has 3 rings (SSSR count). The number of non-ortho nitro benzene ring substituents is 1. The van der Waals surface area contributed by atoms with Crippen molar-refractivity contribution in [3.8, 4) is 0 Å². The lowest BCUT2D eigenvalue weighted by molar-refractivity contribution is -0.384. The van der Waals surface area contributed by atoms with Gasteiger partial charge >= 0.3 is 0 Å². The molecule has 0 saturated carbocycles. The number of aromatic nitrogens is 1. The molecule has 0 aliphatic heterocycles. The maximum atomic E-state index is 13.2. The Morgan fingerprint density at radius 3 is 2.22 bits per heavy atom. The van der Waals surface area contributed by atoms with Crippen molar-refractivity contribution in [2.45, 2.75) is 6.54 Å². The van der Waals surface area contributed by atoms with Crippen LogP contribution < -0.4 is 11.1 Å². The van der Waals surface area contributed by atoms with E-state index >= 15 is 0 Å². The topological polar surface area (TPSA) is 94.1 Å². The van der Waals surface area contributed by atoms with E-state index in [1.54, 1.807) is 36.7 Å². The second-order valence-electron chi connectivity index (χ2n) is 5.81. The van der Waals surface area contributed by atoms with E-state index in [1.807, 2.05) is 12.1 Å². The summed E-state index contributed by atoms with van der Waals surface area (Å²) in [5.41, 5.74) is 9.87. The zero-order valence-corrected chi connectivity index (χ0v) is 14.3. The molecule has 6 nitrogen and oxygen atoms in total. The van der Waals surface area contributed by atoms with Crippen molar-refractivity contribution in [1.82, 2.24) is 10.3 Å². The molecule has 0 amide bonds. The van der Waals surface area contributed by atoms with Gasteiger partial charge in [0.2, 0.25) is 0 Å². The van der Waals surface area contributed by atoms with Gasteiger partial charge in [-0.15, -0.1) is 0 Å². The highest BCUT2D eigenvalue weighted by Crippen LogP contribution is 2.21. The van der Waals surface area contributed by atoms with Crippen LogP contribution in [0.3, 0.4) is 0 Å². The van der Waals surface area contributed by atoms with Gasteiger partial charge in [0, 0.05) is 36.6 Å². The van der Waals surface area contributed by atoms with Crippen LogP contribution >= 0.6 is 0 Å². The largest absolute Gasteiger partial charge is 0.397 e. The fraction of sp³-hybridized carbons (Fsp3) is 0.0500. The molecule has 0 fully saturated rings. The molecule has 1 heterocycles. The molecule has 2 aromatic carbocycles. The van der Waals surface area contributed by atoms with E-state index in [-0.39, 0.29) is 11.5 Å². The second-order valence-corrected chi connectivity index (χ2v) is 5.81. The average Bonchev–Trinajstić information content (AvgIpc) is 2.69. The maximum absolute atomic E-state index is 13.2. The highest BCUT2D eigenvalue weighted by Gasteiger charge is 2.10. The number of rotatable bonds is 6. The summed E-state index contributed by atoms with van der Waals surface area (Å²) in [6.07, 6.45) is 3.31. The Morgan fingerprint density at radius 2 is 1.63 bits per heavy atom. The highest BCUT2D eigenvalue weighted by molar-refractivity contribution is 5.88. The van der Waals surface area contributed by atoms with E-state index in [9.17, 15) is 14.5 Å². The lowest BCUT2D eigenvalue weighted by Gasteiger charge is -2.15. The summed E-state index contributed by atoms with van der Waals surface area (Å²) in [6, 6.07) is 15.8. The molecule has 0 bridgehead atoms. The van der Waals surface area contributed by atoms with Gasteiger partial charge in [0.15, 0.2) is 0 Å². The number of nitrogens with zero attached hydrogens (tertiary/aromatic N) is 2. The average molecular weight is 364 g/mol. The molecular weight excluding hydrogens is 347 g/mol. The van der Waals surface area contributed by atoms with Crippen molar-refractivity contribution in [1.29, 1.82) is 0 Å². The minimum atomic E-state index is -0.438. The number of nitro groups is 1. The van der Waals surface area contributed by atoms with Crippen LogP contribution in [0.5, 0.6) is 0 Å². The van der Waals surface area contributed by atoms with Crippen LogP contribution in [0.1, 0.15) is 16.7 Å². The summed E-state index contributed by atoms with van der Waals surface area (Å²) in [5, 5.41) is 14.0. The smallest absolute Gasteiger partial charge is 0.269 e. The summed E-state index contributed by atoms with van der Waals surface area (Å²) in [5.74, 6) is -0.337. The molecule has 1 aromatic heterocycles. The van der Waals surface area contributed by atoms with Gasteiger partial charge in [0.25, 0.3) is 5.69 Å². The number of pyridine rings is 1. The van der Waals surface area contributed by atoms with Gasteiger partial charge in [0.1, 0.15) is 5.82 Å². The zero-order chi connectivity index (χ0) is 19.2. The van der Waals surface area contributed by atoms with Crippen molar-refractivity contribution in [3.63, 3.8) is 0 Å². The molecule has 0 aliphatic rings. The van der Waals surface area contributed by atoms with Crippen LogP contribution in [0.15, 0.2) is 73.1 Å². The third kappa shape index (κ3) is 4.46. The van der Waals surface area contributed by atoms with Gasteiger partial charge < -0.3 is 11.1 Å². The number of nitrogens with two attached hydrogens (primary N) is 1. The summed E-state index contributed by atoms with van der Waals surface area (Å²) < 4.78 is 13.2. The number of hydrogen-bond donors (Lipinski definition) is 2. The van der Waals surface area contributed by atoms with Gasteiger partial charge in [-0.2, -0.15) is 0 Å². The Morgan fingerprint density at radius 1 is 1.00 bits per heavy atom. The minimum Gasteiger partial charge on any atom is -0.397 e. The van der Waals surface area contributed by atoms with Crippen molar-refractivity contribution in [3.05, 3.63) is 106 Å². The molecule has 0 atom stereocenters. The molecule has 136 valence electrons. The number of nitrogens with one attached hydrogen (secondary N) is 1. The predicted molar refractivity (Wildman–Crippen MR) is 102 cm³/mol. The van der Waals surface area contributed by atoms with Crippen LogP contribution in [0, 0.1) is 15.9 Å². The first-order chi connectivity index (χ1) is 13.0. The van der Waals surface area contributed by atoms with Crippen molar-refractivity contribution >= 4 is 17.1 Å². The Hall–Kier alpha value is -3.74. The summed E-state index contributed by atoms with van der Waals surface area (Å²) in [4.78, 5) is 14.3. The van der Waals surface area contributed by atoms with Gasteiger partial charge in [-0.05, 0) is 47.5 Å². The van der Waals surface area contributed by atoms with Crippen molar-refractivity contribution < 1.29 is 9.31 Å². The van der Waals surface area contributed by atoms with Gasteiger partial charge in [-0.1, -0.05) is 12.1 Å². The van der Waals surface area contributed by atoms with Crippen LogP contribution in [0.4, 0.5) is 10.1 Å². The Balaban J connectivity index is 1.90. The first-order valence-electron chi connectivity index (χ1n) is 8.18. The minimum absolute atomic E-state index is 0.0366. The first kappa shape index (κ1) is 18.1. The SMILES string of the molecule is N/C(=C(\NCc1ccc([N+](=O)[O-])cc1)c1ccncc1)c1ccc(F)cc1. The molecular formula is C20H17FN4O2. The molecule has 0 radical (unpaired) electrons. The molecule has 3 N–H and O–H groups in total. The third-order valence-corrected chi connectivity index (χ3v) is 4.01. The molecule has 0 saturated heterocycles. The normalized spacial score (nSPS) is 11.6. The second kappa shape index (κ2) is 8.09. The third-order valence-electron chi connectivity index (χ3n) is 4.01. The van der Waals surface area contributed by atoms with Crippen LogP contribution in [0.25, 0.3) is 11.4 Å². The van der Waals surface area contributed by atoms with Crippen LogP contribution in [0.2, 0.25) is 0 Å². The van der Waals surface area contributed by atoms with Gasteiger partial charge in [-0.3, -0.25) is 15.1 Å². The molecule has 0 unspecified atom stereocenters. The quantitative estimate of drug-likeness (QED) is 0.514. The zero-order valence-electron chi connectivity index (χ0n) is 14.3. The van der Waals surface area contributed by atoms with E-state index in [0.717, 1.165) is 11.1 Å². The van der Waals surface area contributed by atoms with Crippen LogP contribution in [-0.4, -0.2) is 9.91 Å². The number of nitro benzene ring substituents is 1. The van der Waals surface area contributed by atoms with Crippen molar-refractivity contribution in [2.24, 2.45) is 5.73 Å². The van der Waals surface area contributed by atoms with Gasteiger partial charge in [-0.25, -0.2) is 4.39 Å². The van der Waals surface area contributed by atoms with E-state index in [0.29, 0.717) is 23.5 Å². The van der Waals surface area contributed by atoms with E-state index < -0.39 is 4.92 Å². The Labute approximate surface area is 155 Å². The first-order valence-corrected chi connectivity index (χ1v) is 8.18. The molecule has 27 heavy (non-hydrogen) atoms. The summed E-state index contributed by atoms with van der Waals surface area (Å²) >= 11 is 0. The number of benzene rings is 2. The summed E-state index contributed by atoms with van der Waals surface area (Å²) in [6.45, 7) is 0.414. The molecule has 0 spiro atoms. The Kier molecular flexibility index (Phi) is 5.41. The highest BCUT2D eigenvalue weighted by atomic mass is 19.1. The molecule has 0 aliphatic carbocycles. The van der Waals surface area contributed by atoms with E-state index in [2.05, 4.69) is 10.3 Å². The standard InChI is InChI=1S/C20H17FN4O2/c21-17-5-3-15(4-6-17)19(22)20(16-9-11-23-12-10-16)24-13-14-1-7-18(8-2-14)25(26)27/h1-12,24H,13,22H2/b20-19-. The molecule has 7 heteroatoms. The predicted octanol–water partition coefficient (Wildman–Crippen LogP) is 3.70. The van der Waals surface area contributed by atoms with Crippen molar-refractivity contribution in [2.75, 3.05) is 0 Å². The Bertz CT molecular complexity index is 956. The van der Waals surface area contributed by atoms with Gasteiger partial charge in [0.05, 0.1) is 16.3 Å². The lowest BCUT2D eigenvalue weighted by Crippen LogP contribution is -2.17. The monoisotopic (exact) mass is 364 g/mol. The lowest BCUT2D eigenvalue weighted by atomic mass is 10.1. The van der Waals surface area contributed by atoms with Crippen LogP contribution in [-0.2, 0) is 6.54 Å². The van der Waals surface area contributed by atoms with E-state index in [4.69, 9.17) is 5.73 Å². The maximum Gasteiger partial charge on any atom is 0.269 e.